The minimum absolute atomic E-state index is 0.0222. The topological polar surface area (TPSA) is 55.4 Å². The van der Waals surface area contributed by atoms with E-state index in [-0.39, 0.29) is 18.4 Å². The molecule has 0 radical (unpaired) electrons. The normalized spacial score (nSPS) is 18.7. The number of carbonyl (C=O) groups excluding carboxylic acids is 2. The third-order valence-corrected chi connectivity index (χ3v) is 3.00. The lowest BCUT2D eigenvalue weighted by molar-refractivity contribution is -0.114. The van der Waals surface area contributed by atoms with Crippen LogP contribution in [0, 0.1) is 0 Å². The average molecular weight is 259 g/mol. The second-order valence-electron chi connectivity index (χ2n) is 4.55. The van der Waals surface area contributed by atoms with Gasteiger partial charge in [-0.3, -0.25) is 4.79 Å². The first-order chi connectivity index (χ1) is 9.24. The van der Waals surface area contributed by atoms with Crippen molar-refractivity contribution >= 4 is 11.9 Å². The van der Waals surface area contributed by atoms with Crippen LogP contribution in [0.25, 0.3) is 0 Å². The molecule has 1 aromatic carbocycles. The van der Waals surface area contributed by atoms with E-state index in [4.69, 9.17) is 4.74 Å². The Kier molecular flexibility index (Phi) is 4.72. The predicted molar refractivity (Wildman–Crippen MR) is 71.5 cm³/mol. The van der Waals surface area contributed by atoms with Gasteiger partial charge in [-0.1, -0.05) is 36.4 Å². The molecule has 2 rings (SSSR count). The van der Waals surface area contributed by atoms with Crippen LogP contribution < -0.4 is 5.32 Å². The molecule has 4 heteroatoms. The van der Waals surface area contributed by atoms with E-state index in [1.54, 1.807) is 12.2 Å². The Bertz CT molecular complexity index is 468. The second kappa shape index (κ2) is 6.73. The zero-order valence-corrected chi connectivity index (χ0v) is 10.7. The summed E-state index contributed by atoms with van der Waals surface area (Å²) in [6.07, 6.45) is 4.75. The van der Waals surface area contributed by atoms with Gasteiger partial charge >= 0.3 is 6.09 Å². The lowest BCUT2D eigenvalue weighted by atomic mass is 10.1. The van der Waals surface area contributed by atoms with E-state index < -0.39 is 6.09 Å². The molecule has 4 nitrogen and oxygen atoms in total. The van der Waals surface area contributed by atoms with Crippen LogP contribution in [0.1, 0.15) is 24.8 Å². The number of rotatable bonds is 3. The van der Waals surface area contributed by atoms with Crippen molar-refractivity contribution in [1.82, 2.24) is 5.32 Å². The maximum atomic E-state index is 11.6. The van der Waals surface area contributed by atoms with Gasteiger partial charge < -0.3 is 10.1 Å². The Labute approximate surface area is 112 Å². The van der Waals surface area contributed by atoms with Crippen LogP contribution in [0.4, 0.5) is 4.79 Å². The van der Waals surface area contributed by atoms with Gasteiger partial charge in [-0.15, -0.1) is 0 Å². The number of ether oxygens (including phenoxy) is 1. The third kappa shape index (κ3) is 4.58. The maximum Gasteiger partial charge on any atom is 0.407 e. The van der Waals surface area contributed by atoms with Gasteiger partial charge in [0.15, 0.2) is 5.78 Å². The molecule has 1 N–H and O–H groups in total. The Morgan fingerprint density at radius 3 is 2.89 bits per heavy atom. The number of amides is 1. The molecule has 0 saturated heterocycles. The van der Waals surface area contributed by atoms with Crippen LogP contribution in [0.3, 0.4) is 0 Å². The molecule has 0 bridgehead atoms. The van der Waals surface area contributed by atoms with Crippen molar-refractivity contribution in [3.63, 3.8) is 0 Å². The van der Waals surface area contributed by atoms with Crippen molar-refractivity contribution in [2.24, 2.45) is 0 Å². The van der Waals surface area contributed by atoms with Crippen molar-refractivity contribution in [3.05, 3.63) is 48.0 Å². The summed E-state index contributed by atoms with van der Waals surface area (Å²) in [7, 11) is 0. The zero-order chi connectivity index (χ0) is 13.5. The van der Waals surface area contributed by atoms with Crippen LogP contribution >= 0.6 is 0 Å². The molecular weight excluding hydrogens is 242 g/mol. The second-order valence-corrected chi connectivity index (χ2v) is 4.55. The van der Waals surface area contributed by atoms with Gasteiger partial charge in [0.2, 0.25) is 0 Å². The Balaban J connectivity index is 1.75. The Morgan fingerprint density at radius 2 is 2.11 bits per heavy atom. The largest absolute Gasteiger partial charge is 0.445 e. The highest BCUT2D eigenvalue weighted by molar-refractivity contribution is 5.89. The number of hydrogen-bond acceptors (Lipinski definition) is 3. The predicted octanol–water partition coefficient (Wildman–Crippen LogP) is 2.59. The summed E-state index contributed by atoms with van der Waals surface area (Å²) in [6, 6.07) is 9.50. The van der Waals surface area contributed by atoms with E-state index in [2.05, 4.69) is 5.32 Å². The van der Waals surface area contributed by atoms with E-state index in [9.17, 15) is 9.59 Å². The lowest BCUT2D eigenvalue weighted by Gasteiger charge is -2.15. The summed E-state index contributed by atoms with van der Waals surface area (Å²) in [6.45, 7) is 0.258. The smallest absolute Gasteiger partial charge is 0.407 e. The van der Waals surface area contributed by atoms with Crippen LogP contribution in [-0.4, -0.2) is 17.9 Å². The van der Waals surface area contributed by atoms with Gasteiger partial charge in [0.1, 0.15) is 6.61 Å². The first-order valence-corrected chi connectivity index (χ1v) is 6.40. The number of hydrogen-bond donors (Lipinski definition) is 1. The summed E-state index contributed by atoms with van der Waals surface area (Å²) in [5.41, 5.74) is 0.952. The van der Waals surface area contributed by atoms with Crippen molar-refractivity contribution in [2.75, 3.05) is 0 Å². The molecule has 1 aliphatic rings. The molecule has 19 heavy (non-hydrogen) atoms. The molecule has 0 spiro atoms. The molecular formula is C15H17NO3. The number of alkyl carbamates (subject to hydrolysis) is 1. The number of benzene rings is 1. The molecule has 1 amide bonds. The molecule has 0 fully saturated rings. The minimum atomic E-state index is -0.434. The van der Waals surface area contributed by atoms with Crippen LogP contribution in [0.5, 0.6) is 0 Å². The van der Waals surface area contributed by atoms with E-state index in [1.165, 1.54) is 0 Å². The quantitative estimate of drug-likeness (QED) is 0.907. The number of carbonyl (C=O) groups is 2. The van der Waals surface area contributed by atoms with Crippen molar-refractivity contribution in [2.45, 2.75) is 31.9 Å². The van der Waals surface area contributed by atoms with Gasteiger partial charge in [0.05, 0.1) is 0 Å². The highest BCUT2D eigenvalue weighted by Crippen LogP contribution is 2.10. The fraction of sp³-hybridized carbons (Fsp3) is 0.333. The first kappa shape index (κ1) is 13.3. The molecule has 1 aromatic rings. The summed E-state index contributed by atoms with van der Waals surface area (Å²) < 4.78 is 5.14. The molecule has 1 atom stereocenters. The Morgan fingerprint density at radius 1 is 1.32 bits per heavy atom. The zero-order valence-electron chi connectivity index (χ0n) is 10.7. The fourth-order valence-corrected chi connectivity index (χ4v) is 1.94. The Hall–Kier alpha value is -2.10. The number of nitrogens with one attached hydrogen (secondary N) is 1. The fourth-order valence-electron chi connectivity index (χ4n) is 1.94. The monoisotopic (exact) mass is 259 g/mol. The highest BCUT2D eigenvalue weighted by atomic mass is 16.5. The summed E-state index contributed by atoms with van der Waals surface area (Å²) in [5, 5.41) is 2.79. The number of ketones is 1. The third-order valence-electron chi connectivity index (χ3n) is 3.00. The highest BCUT2D eigenvalue weighted by Gasteiger charge is 2.15. The van der Waals surface area contributed by atoms with Crippen LogP contribution in [0.15, 0.2) is 42.5 Å². The van der Waals surface area contributed by atoms with Crippen molar-refractivity contribution in [1.29, 1.82) is 0 Å². The van der Waals surface area contributed by atoms with Gasteiger partial charge in [-0.2, -0.15) is 0 Å². The van der Waals surface area contributed by atoms with Gasteiger partial charge in [-0.25, -0.2) is 4.79 Å². The summed E-state index contributed by atoms with van der Waals surface area (Å²) in [4.78, 5) is 22.8. The lowest BCUT2D eigenvalue weighted by Crippen LogP contribution is -2.34. The standard InChI is InChI=1S/C15H17NO3/c17-14-8-4-7-13(9-10-14)16-15(18)19-11-12-5-2-1-3-6-12/h1-6,8,13H,7,9-11H2,(H,16,18). The minimum Gasteiger partial charge on any atom is -0.445 e. The molecule has 0 saturated carbocycles. The van der Waals surface area contributed by atoms with Crippen molar-refractivity contribution in [3.8, 4) is 0 Å². The van der Waals surface area contributed by atoms with Gasteiger partial charge in [-0.05, 0) is 24.5 Å². The molecule has 1 aliphatic carbocycles. The van der Waals surface area contributed by atoms with E-state index in [0.29, 0.717) is 19.3 Å². The van der Waals surface area contributed by atoms with Crippen LogP contribution in [0.2, 0.25) is 0 Å². The number of allylic oxidation sites excluding steroid dienone is 1. The first-order valence-electron chi connectivity index (χ1n) is 6.40. The molecule has 1 unspecified atom stereocenters. The summed E-state index contributed by atoms with van der Waals surface area (Å²) in [5.74, 6) is 0.113. The van der Waals surface area contributed by atoms with E-state index in [1.807, 2.05) is 30.3 Å². The molecule has 0 aromatic heterocycles. The SMILES string of the molecule is O=C1C=CCC(NC(=O)OCc2ccccc2)CC1. The average Bonchev–Trinajstić information content (AvgIpc) is 2.63. The van der Waals surface area contributed by atoms with E-state index >= 15 is 0 Å². The van der Waals surface area contributed by atoms with Crippen LogP contribution in [-0.2, 0) is 16.1 Å². The molecule has 100 valence electrons. The summed E-state index contributed by atoms with van der Waals surface area (Å²) >= 11 is 0. The molecule has 0 aliphatic heterocycles. The van der Waals surface area contributed by atoms with Crippen molar-refractivity contribution < 1.29 is 14.3 Å². The molecule has 0 heterocycles. The maximum absolute atomic E-state index is 11.6. The van der Waals surface area contributed by atoms with Gasteiger partial charge in [0, 0.05) is 12.5 Å². The van der Waals surface area contributed by atoms with Gasteiger partial charge in [0.25, 0.3) is 0 Å². The van der Waals surface area contributed by atoms with E-state index in [0.717, 1.165) is 5.56 Å².